The van der Waals surface area contributed by atoms with E-state index in [-0.39, 0.29) is 85.9 Å². The number of aliphatic hydroxyl groups is 1. The molecule has 4 aliphatic carbocycles. The third-order valence-corrected chi connectivity index (χ3v) is 18.1. The molecular formula is C54H69N6O15PS. The van der Waals surface area contributed by atoms with Gasteiger partial charge >= 0.3 is 13.9 Å². The number of carbonyl (C=O) groups is 8. The quantitative estimate of drug-likeness (QED) is 0.0430. The number of hydrogen-bond donors (Lipinski definition) is 8. The lowest BCUT2D eigenvalue weighted by molar-refractivity contribution is -0.200. The van der Waals surface area contributed by atoms with Crippen LogP contribution in [0.25, 0.3) is 0 Å². The maximum absolute atomic E-state index is 14.5. The van der Waals surface area contributed by atoms with E-state index in [9.17, 15) is 57.8 Å². The van der Waals surface area contributed by atoms with Crippen LogP contribution in [0, 0.1) is 34.5 Å². The van der Waals surface area contributed by atoms with Crippen molar-refractivity contribution in [2.75, 3.05) is 25.0 Å². The summed E-state index contributed by atoms with van der Waals surface area (Å²) in [4.78, 5) is 125. The Morgan fingerprint density at radius 2 is 1.73 bits per heavy atom. The van der Waals surface area contributed by atoms with Crippen molar-refractivity contribution >= 4 is 72.0 Å². The number of anilines is 1. The highest BCUT2D eigenvalue weighted by Gasteiger charge is 2.76. The van der Waals surface area contributed by atoms with Gasteiger partial charge in [-0.05, 0) is 111 Å². The van der Waals surface area contributed by atoms with Crippen LogP contribution >= 0.6 is 19.2 Å². The number of hydrogen-bond acceptors (Lipinski definition) is 14. The van der Waals surface area contributed by atoms with Gasteiger partial charge in [-0.15, -0.1) is 11.3 Å². The van der Waals surface area contributed by atoms with E-state index >= 15 is 0 Å². The highest BCUT2D eigenvalue weighted by Crippen LogP contribution is 2.70. The minimum absolute atomic E-state index is 0.0875. The summed E-state index contributed by atoms with van der Waals surface area (Å²) < 4.78 is 30.2. The molecule has 21 nitrogen and oxygen atoms in total. The number of allylic oxidation sites excluding steroid dienone is 4. The van der Waals surface area contributed by atoms with Crippen LogP contribution in [0.2, 0.25) is 0 Å². The Morgan fingerprint density at radius 3 is 2.44 bits per heavy atom. The average molecular weight is 1110 g/mol. The van der Waals surface area contributed by atoms with Gasteiger partial charge < -0.3 is 51.4 Å². The number of primary amides is 1. The molecule has 6 aliphatic rings. The van der Waals surface area contributed by atoms with Crippen molar-refractivity contribution in [1.82, 2.24) is 20.9 Å². The maximum Gasteiger partial charge on any atom is 0.470 e. The summed E-state index contributed by atoms with van der Waals surface area (Å²) in [6.07, 6.45) is 9.01. The second-order valence-corrected chi connectivity index (χ2v) is 24.3. The van der Waals surface area contributed by atoms with Gasteiger partial charge in [0.15, 0.2) is 23.5 Å². The molecule has 2 aliphatic heterocycles. The minimum Gasteiger partial charge on any atom is -0.393 e. The molecule has 0 bridgehead atoms. The highest BCUT2D eigenvalue weighted by atomic mass is 32.1. The van der Waals surface area contributed by atoms with Crippen LogP contribution in [0.3, 0.4) is 0 Å². The van der Waals surface area contributed by atoms with Crippen LogP contribution in [0.5, 0.6) is 0 Å². The Bertz CT molecular complexity index is 2790. The largest absolute Gasteiger partial charge is 0.470 e. The molecule has 9 N–H and O–H groups in total. The van der Waals surface area contributed by atoms with Crippen LogP contribution in [-0.4, -0.2) is 117 Å². The molecule has 0 unspecified atom stereocenters. The van der Waals surface area contributed by atoms with E-state index in [1.165, 1.54) is 23.5 Å². The molecule has 416 valence electrons. The smallest absolute Gasteiger partial charge is 0.393 e. The van der Waals surface area contributed by atoms with Crippen molar-refractivity contribution in [3.05, 3.63) is 87.7 Å². The van der Waals surface area contributed by atoms with E-state index in [1.54, 1.807) is 44.2 Å². The molecule has 1 saturated heterocycles. The highest BCUT2D eigenvalue weighted by molar-refractivity contribution is 7.46. The number of amides is 7. The first-order valence-corrected chi connectivity index (χ1v) is 28.6. The van der Waals surface area contributed by atoms with Crippen molar-refractivity contribution in [3.8, 4) is 0 Å². The van der Waals surface area contributed by atoms with Crippen LogP contribution in [-0.2, 0) is 58.5 Å². The van der Waals surface area contributed by atoms with Gasteiger partial charge in [0, 0.05) is 65.4 Å². The van der Waals surface area contributed by atoms with Crippen molar-refractivity contribution in [2.45, 2.75) is 135 Å². The van der Waals surface area contributed by atoms with Gasteiger partial charge in [0.2, 0.25) is 17.7 Å². The monoisotopic (exact) mass is 1100 g/mol. The van der Waals surface area contributed by atoms with E-state index in [0.29, 0.717) is 55.5 Å². The number of benzene rings is 1. The lowest BCUT2D eigenvalue weighted by Crippen LogP contribution is -2.63. The summed E-state index contributed by atoms with van der Waals surface area (Å²) in [5.74, 6) is -3.89. The Labute approximate surface area is 450 Å². The van der Waals surface area contributed by atoms with E-state index in [4.69, 9.17) is 19.7 Å². The van der Waals surface area contributed by atoms with E-state index < -0.39 is 85.1 Å². The zero-order valence-corrected chi connectivity index (χ0v) is 45.3. The first-order chi connectivity index (χ1) is 36.4. The van der Waals surface area contributed by atoms with Gasteiger partial charge in [-0.25, -0.2) is 9.36 Å². The molecule has 2 aromatic rings. The van der Waals surface area contributed by atoms with Gasteiger partial charge in [0.05, 0.1) is 17.1 Å². The number of rotatable bonds is 23. The molecule has 0 spiro atoms. The van der Waals surface area contributed by atoms with E-state index in [1.807, 2.05) is 38.1 Å². The molecule has 11 atom stereocenters. The molecule has 4 fully saturated rings. The van der Waals surface area contributed by atoms with E-state index in [0.717, 1.165) is 20.9 Å². The van der Waals surface area contributed by atoms with Gasteiger partial charge in [-0.2, -0.15) is 0 Å². The molecular weight excluding hydrogens is 1040 g/mol. The zero-order chi connectivity index (χ0) is 55.6. The Kier molecular flexibility index (Phi) is 17.4. The Hall–Kier alpha value is -5.71. The predicted molar refractivity (Wildman–Crippen MR) is 280 cm³/mol. The van der Waals surface area contributed by atoms with Crippen LogP contribution in [0.4, 0.5) is 10.5 Å². The van der Waals surface area contributed by atoms with Crippen LogP contribution < -0.4 is 27.0 Å². The molecule has 3 saturated carbocycles. The molecule has 1 aromatic heterocycles. The number of aliphatic hydroxyl groups excluding tert-OH is 1. The number of phosphoric acid groups is 1. The minimum atomic E-state index is -5.07. The first-order valence-electron chi connectivity index (χ1n) is 26.3. The number of Topliss-reactive ketones (excluding diaryl/α,β-unsaturated/α-hetero) is 1. The van der Waals surface area contributed by atoms with Gasteiger partial charge in [0.1, 0.15) is 18.7 Å². The molecule has 23 heteroatoms. The number of phosphoric ester groups is 1. The Morgan fingerprint density at radius 1 is 0.974 bits per heavy atom. The molecule has 8 rings (SSSR count). The van der Waals surface area contributed by atoms with Gasteiger partial charge in [0.25, 0.3) is 11.8 Å². The number of ether oxygens (including phenoxy) is 2. The predicted octanol–water partition coefficient (Wildman–Crippen LogP) is 4.56. The Balaban J connectivity index is 0.918. The summed E-state index contributed by atoms with van der Waals surface area (Å²) in [5, 5.41) is 23.1. The number of nitrogens with one attached hydrogen (secondary N) is 4. The SMILES string of the molecule is CC(C)[C@H](NC(=O)CCCCCN1C(=O)C=CC1=O)C(=O)N[C@@H](CCCNC(N)=O)C(=O)Nc1cccc(Cc2ccc([C@@H]3O[C@@H]4C[C@H]5[C@@H]6CCC7=CC(=O)C=C[C@]7(C)[C@H]6[C@@H](O)C[C@]5(C)[C@]4(C(=O)COP(=O)(O)O)O3)s2)c1. The summed E-state index contributed by atoms with van der Waals surface area (Å²) >= 11 is 1.38. The van der Waals surface area contributed by atoms with Crippen molar-refractivity contribution < 1.29 is 71.8 Å². The standard InChI is InChI=1S/C54H69N6O15PS/c1-30(2)47(59-43(64)13-6-5-7-23-60-44(65)18-19-45(60)66)49(68)58-38(12-9-22-56-51(55)69)48(67)57-33-11-8-10-31(24-33)25-35-15-17-40(77-35)50-74-42-27-37-36-16-14-32-26-34(61)20-21-52(32,3)46(36)39(62)28-53(37,4)54(42,75-50)41(63)29-73-76(70,71)72/h8,10-11,15,17-21,24,26,30,36-39,42,46-47,50,62H,5-7,9,12-14,16,22-23,25,27-29H2,1-4H3,(H,57,67)(H,58,68)(H,59,64)(H3,55,56,69)(H2,70,71,72)/t36-,37-,38-,39-,42+,46+,47-,50+,52-,53-,54+/m0/s1. The van der Waals surface area contributed by atoms with Gasteiger partial charge in [-0.3, -0.25) is 43.0 Å². The van der Waals surface area contributed by atoms with Gasteiger partial charge in [-0.1, -0.05) is 57.9 Å². The third-order valence-electron chi connectivity index (χ3n) is 16.6. The molecule has 77 heavy (non-hydrogen) atoms. The number of thiophene rings is 1. The topological polar surface area (TPSA) is 319 Å². The average Bonchev–Trinajstić information content (AvgIpc) is 4.35. The van der Waals surface area contributed by atoms with Crippen molar-refractivity contribution in [1.29, 1.82) is 0 Å². The lowest BCUT2D eigenvalue weighted by atomic mass is 9.46. The fourth-order valence-electron chi connectivity index (χ4n) is 13.0. The number of nitrogens with zero attached hydrogens (tertiary/aromatic N) is 1. The van der Waals surface area contributed by atoms with Crippen LogP contribution in [0.1, 0.15) is 114 Å². The normalized spacial score (nSPS) is 29.0. The van der Waals surface area contributed by atoms with Crippen molar-refractivity contribution in [2.24, 2.45) is 40.2 Å². The summed E-state index contributed by atoms with van der Waals surface area (Å²) in [7, 11) is -5.07. The summed E-state index contributed by atoms with van der Waals surface area (Å²) in [6, 6.07) is 8.04. The third kappa shape index (κ3) is 12.3. The maximum atomic E-state index is 14.5. The van der Waals surface area contributed by atoms with Crippen molar-refractivity contribution in [3.63, 3.8) is 0 Å². The van der Waals surface area contributed by atoms with E-state index in [2.05, 4.69) is 21.3 Å². The molecule has 7 amide bonds. The molecule has 3 heterocycles. The number of nitrogens with two attached hydrogens (primary N) is 1. The number of imide groups is 1. The first kappa shape index (κ1) is 57.5. The number of ketones is 2. The zero-order valence-electron chi connectivity index (χ0n) is 43.6. The number of fused-ring (bicyclic) bond motifs is 7. The second kappa shape index (κ2) is 23.3. The fraction of sp³-hybridized carbons (Fsp3) is 0.556. The second-order valence-electron chi connectivity index (χ2n) is 21.9. The molecule has 0 radical (unpaired) electrons. The summed E-state index contributed by atoms with van der Waals surface area (Å²) in [5.41, 5.74) is 4.13. The van der Waals surface area contributed by atoms with Crippen LogP contribution in [0.15, 0.2) is 72.4 Å². The lowest BCUT2D eigenvalue weighted by Gasteiger charge is -2.59. The number of urea groups is 1. The number of unbranched alkanes of at least 4 members (excludes halogenated alkanes) is 2. The molecule has 1 aromatic carbocycles. The number of carbonyl (C=O) groups excluding carboxylic acids is 8. The summed E-state index contributed by atoms with van der Waals surface area (Å²) in [6.45, 7) is 6.91. The fourth-order valence-corrected chi connectivity index (χ4v) is 14.3.